The molecular formula is C43H50N10O6. The summed E-state index contributed by atoms with van der Waals surface area (Å²) >= 11 is 0. The smallest absolute Gasteiger partial charge is 0.410 e. The first-order valence-corrected chi connectivity index (χ1v) is 20.8. The molecular weight excluding hydrogens is 753 g/mol. The van der Waals surface area contributed by atoms with Gasteiger partial charge < -0.3 is 40.7 Å². The molecule has 3 aromatic rings. The monoisotopic (exact) mass is 802 g/mol. The lowest BCUT2D eigenvalue weighted by molar-refractivity contribution is -0.125. The normalized spacial score (nSPS) is 24.1. The van der Waals surface area contributed by atoms with Crippen molar-refractivity contribution >= 4 is 52.7 Å². The number of amides is 5. The van der Waals surface area contributed by atoms with E-state index in [0.29, 0.717) is 72.8 Å². The molecule has 5 amide bonds. The van der Waals surface area contributed by atoms with E-state index in [9.17, 15) is 24.0 Å². The van der Waals surface area contributed by atoms with Crippen molar-refractivity contribution in [3.63, 3.8) is 0 Å². The Balaban J connectivity index is 0.772. The van der Waals surface area contributed by atoms with Crippen LogP contribution >= 0.6 is 0 Å². The number of carbonyl (C=O) groups is 5. The van der Waals surface area contributed by atoms with Crippen molar-refractivity contribution in [2.45, 2.75) is 62.9 Å². The minimum absolute atomic E-state index is 0.0274. The third-order valence-electron chi connectivity index (χ3n) is 12.9. The minimum Gasteiger partial charge on any atom is -0.448 e. The second-order valence-corrected chi connectivity index (χ2v) is 16.6. The highest BCUT2D eigenvalue weighted by Crippen LogP contribution is 2.35. The van der Waals surface area contributed by atoms with E-state index in [-0.39, 0.29) is 23.7 Å². The fourth-order valence-corrected chi connectivity index (χ4v) is 9.70. The molecule has 16 nitrogen and oxygen atoms in total. The molecule has 1 unspecified atom stereocenters. The summed E-state index contributed by atoms with van der Waals surface area (Å²) in [5.41, 5.74) is 10.1. The molecule has 0 saturated carbocycles. The number of primary amides is 1. The van der Waals surface area contributed by atoms with Crippen molar-refractivity contribution in [2.75, 3.05) is 74.1 Å². The van der Waals surface area contributed by atoms with Crippen LogP contribution in [0.2, 0.25) is 0 Å². The molecule has 0 aliphatic carbocycles. The maximum absolute atomic E-state index is 13.4. The molecule has 6 aliphatic heterocycles. The molecule has 0 radical (unpaired) electrons. The minimum atomic E-state index is -0.818. The van der Waals surface area contributed by atoms with Gasteiger partial charge in [0.15, 0.2) is 11.5 Å². The molecule has 6 aliphatic rings. The molecule has 2 aromatic carbocycles. The van der Waals surface area contributed by atoms with E-state index >= 15 is 0 Å². The number of benzene rings is 2. The Morgan fingerprint density at radius 1 is 0.898 bits per heavy atom. The van der Waals surface area contributed by atoms with E-state index in [2.05, 4.69) is 49.0 Å². The number of nitrogens with zero attached hydrogens (tertiary/aromatic N) is 7. The number of hydrogen-bond donors (Lipinski definition) is 3. The van der Waals surface area contributed by atoms with Gasteiger partial charge in [-0.05, 0) is 106 Å². The Hall–Kier alpha value is -6.03. The van der Waals surface area contributed by atoms with Crippen molar-refractivity contribution in [3.05, 3.63) is 83.3 Å². The van der Waals surface area contributed by atoms with Gasteiger partial charge in [-0.3, -0.25) is 24.1 Å². The Kier molecular flexibility index (Phi) is 10.4. The quantitative estimate of drug-likeness (QED) is 0.252. The zero-order valence-corrected chi connectivity index (χ0v) is 33.1. The van der Waals surface area contributed by atoms with E-state index < -0.39 is 23.8 Å². The summed E-state index contributed by atoms with van der Waals surface area (Å²) in [5, 5.41) is 5.98. The molecule has 1 aromatic heterocycles. The average Bonchev–Trinajstić information content (AvgIpc) is 3.96. The molecule has 7 heterocycles. The van der Waals surface area contributed by atoms with Gasteiger partial charge in [-0.25, -0.2) is 14.8 Å². The summed E-state index contributed by atoms with van der Waals surface area (Å²) in [4.78, 5) is 82.8. The van der Waals surface area contributed by atoms with Crippen molar-refractivity contribution < 1.29 is 28.7 Å². The number of rotatable bonds is 10. The number of fused-ring (bicyclic) bond motifs is 1. The lowest BCUT2D eigenvalue weighted by atomic mass is 9.89. The number of hydrogen-bond acceptors (Lipinski definition) is 12. The summed E-state index contributed by atoms with van der Waals surface area (Å²) in [7, 11) is 0. The Bertz CT molecular complexity index is 2190. The second-order valence-electron chi connectivity index (χ2n) is 16.6. The van der Waals surface area contributed by atoms with E-state index in [1.165, 1.54) is 5.56 Å². The lowest BCUT2D eigenvalue weighted by Crippen LogP contribution is -2.51. The maximum Gasteiger partial charge on any atom is 0.410 e. The van der Waals surface area contributed by atoms with E-state index in [0.717, 1.165) is 87.6 Å². The number of likely N-dealkylation sites (tertiary alicyclic amines) is 1. The van der Waals surface area contributed by atoms with Gasteiger partial charge >= 0.3 is 6.09 Å². The number of carbonyl (C=O) groups excluding carboxylic acids is 5. The third-order valence-corrected chi connectivity index (χ3v) is 12.9. The van der Waals surface area contributed by atoms with E-state index in [4.69, 9.17) is 15.5 Å². The van der Waals surface area contributed by atoms with E-state index in [1.807, 2.05) is 24.3 Å². The second kappa shape index (κ2) is 16.0. The number of cyclic esters (lactones) is 1. The van der Waals surface area contributed by atoms with Gasteiger partial charge in [-0.1, -0.05) is 18.7 Å². The van der Waals surface area contributed by atoms with E-state index in [1.54, 1.807) is 17.2 Å². The molecule has 5 fully saturated rings. The van der Waals surface area contributed by atoms with Gasteiger partial charge in [0.1, 0.15) is 18.5 Å². The van der Waals surface area contributed by atoms with Gasteiger partial charge in [0, 0.05) is 49.8 Å². The van der Waals surface area contributed by atoms with Crippen LogP contribution < -0.4 is 26.2 Å². The number of piperidine rings is 3. The van der Waals surface area contributed by atoms with Crippen LogP contribution in [-0.4, -0.2) is 125 Å². The number of nitrogens with one attached hydrogen (secondary N) is 2. The summed E-state index contributed by atoms with van der Waals surface area (Å²) in [6.45, 7) is 11.0. The SMILES string of the molecule is C=C1CCC(N2C(=O)c3ccc(N4CC[C@H](CN5CCC(c6ccc(Nc7nc(N8CCC[C@@H](N9CCOC9=O)C8)cnc7C(N)=O)cc6)CC5)C4)cc3C2=O)C(=O)N1. The van der Waals surface area contributed by atoms with Crippen LogP contribution in [0.3, 0.4) is 0 Å². The topological polar surface area (TPSA) is 187 Å². The zero-order chi connectivity index (χ0) is 40.8. The first kappa shape index (κ1) is 38.5. The number of ether oxygens (including phenoxy) is 1. The van der Waals surface area contributed by atoms with Crippen LogP contribution in [-0.2, 0) is 9.53 Å². The molecule has 16 heteroatoms. The Labute approximate surface area is 342 Å². The first-order valence-electron chi connectivity index (χ1n) is 20.8. The van der Waals surface area contributed by atoms with Crippen molar-refractivity contribution in [2.24, 2.45) is 11.7 Å². The van der Waals surface area contributed by atoms with Crippen LogP contribution in [0.25, 0.3) is 0 Å². The number of imide groups is 1. The number of allylic oxidation sites excluding steroid dienone is 1. The highest BCUT2D eigenvalue weighted by molar-refractivity contribution is 6.23. The van der Waals surface area contributed by atoms with Crippen molar-refractivity contribution in [3.8, 4) is 0 Å². The number of anilines is 4. The molecule has 3 atom stereocenters. The van der Waals surface area contributed by atoms with Gasteiger partial charge in [-0.15, -0.1) is 0 Å². The highest BCUT2D eigenvalue weighted by Gasteiger charge is 2.44. The average molecular weight is 803 g/mol. The fraction of sp³-hybridized carbons (Fsp3) is 0.465. The van der Waals surface area contributed by atoms with Crippen LogP contribution in [0.5, 0.6) is 0 Å². The fourth-order valence-electron chi connectivity index (χ4n) is 9.70. The molecule has 5 saturated heterocycles. The molecule has 0 spiro atoms. The zero-order valence-electron chi connectivity index (χ0n) is 33.1. The lowest BCUT2D eigenvalue weighted by Gasteiger charge is -2.37. The van der Waals surface area contributed by atoms with Crippen molar-refractivity contribution in [1.82, 2.24) is 30.0 Å². The van der Waals surface area contributed by atoms with Crippen LogP contribution in [0, 0.1) is 5.92 Å². The standard InChI is InChI=1S/C43H50N10O6/c1-26-4-11-35(40(55)46-26)53-41(56)33-10-9-31(21-34(33)42(53)57)50-18-12-27(24-50)23-49-16-13-29(14-17-49)28-5-7-30(8-6-28)47-39-37(38(44)54)45-22-36(48-39)51-15-2-3-32(25-51)52-19-20-59-43(52)58/h5-10,21-22,27,29,32,35H,1-4,11-20,23-25H2,(H2,44,54)(H,46,55)(H,47,48)/t27-,32-,35?/m1/s1. The van der Waals surface area contributed by atoms with Crippen LogP contribution in [0.1, 0.15) is 87.6 Å². The molecule has 0 bridgehead atoms. The summed E-state index contributed by atoms with van der Waals surface area (Å²) in [6.07, 6.45) is 7.16. The maximum atomic E-state index is 13.4. The van der Waals surface area contributed by atoms with Crippen LogP contribution in [0.4, 0.5) is 27.8 Å². The Morgan fingerprint density at radius 2 is 1.69 bits per heavy atom. The molecule has 59 heavy (non-hydrogen) atoms. The molecule has 308 valence electrons. The largest absolute Gasteiger partial charge is 0.448 e. The van der Waals surface area contributed by atoms with Gasteiger partial charge in [0.05, 0.1) is 29.9 Å². The van der Waals surface area contributed by atoms with Crippen molar-refractivity contribution in [1.29, 1.82) is 0 Å². The Morgan fingerprint density at radius 3 is 2.44 bits per heavy atom. The third kappa shape index (κ3) is 7.68. The summed E-state index contributed by atoms with van der Waals surface area (Å²) < 4.78 is 5.16. The van der Waals surface area contributed by atoms with Gasteiger partial charge in [0.2, 0.25) is 5.91 Å². The predicted octanol–water partition coefficient (Wildman–Crippen LogP) is 3.83. The number of aromatic nitrogens is 2. The first-order chi connectivity index (χ1) is 28.6. The highest BCUT2D eigenvalue weighted by atomic mass is 16.6. The molecule has 4 N–H and O–H groups in total. The van der Waals surface area contributed by atoms with Gasteiger partial charge in [-0.2, -0.15) is 0 Å². The summed E-state index contributed by atoms with van der Waals surface area (Å²) in [6, 6.07) is 13.0. The van der Waals surface area contributed by atoms with Gasteiger partial charge in [0.25, 0.3) is 17.7 Å². The summed E-state index contributed by atoms with van der Waals surface area (Å²) in [5.74, 6) is 0.00485. The van der Waals surface area contributed by atoms with Crippen LogP contribution in [0.15, 0.2) is 60.9 Å². The molecule has 9 rings (SSSR count). The number of nitrogens with two attached hydrogens (primary N) is 1. The predicted molar refractivity (Wildman–Crippen MR) is 220 cm³/mol.